The third-order valence-electron chi connectivity index (χ3n) is 4.36. The molecule has 4 aromatic rings. The molecule has 2 aromatic heterocycles. The van der Waals surface area contributed by atoms with E-state index >= 15 is 0 Å². The Morgan fingerprint density at radius 2 is 1.76 bits per heavy atom. The lowest BCUT2D eigenvalue weighted by Crippen LogP contribution is -2.22. The maximum Gasteiger partial charge on any atom is 0.279 e. The molecule has 0 saturated heterocycles. The summed E-state index contributed by atoms with van der Waals surface area (Å²) in [5, 5.41) is 21.7. The Labute approximate surface area is 172 Å². The normalized spacial score (nSPS) is 13.6. The van der Waals surface area contributed by atoms with Crippen LogP contribution in [-0.2, 0) is 4.79 Å². The number of hydrogen-bond donors (Lipinski definition) is 1. The smallest absolute Gasteiger partial charge is 0.279 e. The number of hydrogen-bond acceptors (Lipinski definition) is 7. The van der Waals surface area contributed by atoms with E-state index in [-0.39, 0.29) is 11.8 Å². The molecule has 9 heteroatoms. The molecular formula is C20H13N5O2S2. The van der Waals surface area contributed by atoms with Gasteiger partial charge in [-0.25, -0.2) is 4.99 Å². The molecule has 0 radical (unpaired) electrons. The second kappa shape index (κ2) is 6.87. The van der Waals surface area contributed by atoms with E-state index < -0.39 is 0 Å². The van der Waals surface area contributed by atoms with E-state index in [0.29, 0.717) is 31.0 Å². The molecule has 0 fully saturated rings. The summed E-state index contributed by atoms with van der Waals surface area (Å²) in [6.07, 6.45) is 0. The van der Waals surface area contributed by atoms with E-state index in [0.717, 1.165) is 10.7 Å². The van der Waals surface area contributed by atoms with Crippen LogP contribution in [0.1, 0.15) is 9.88 Å². The van der Waals surface area contributed by atoms with Crippen molar-refractivity contribution in [3.63, 3.8) is 0 Å². The molecule has 3 heterocycles. The van der Waals surface area contributed by atoms with E-state index in [2.05, 4.69) is 20.2 Å². The number of carbonyl (C=O) groups is 1. The predicted octanol–water partition coefficient (Wildman–Crippen LogP) is 2.00. The minimum absolute atomic E-state index is 0.0589. The van der Waals surface area contributed by atoms with E-state index in [9.17, 15) is 9.90 Å². The van der Waals surface area contributed by atoms with Crippen LogP contribution >= 0.6 is 22.7 Å². The molecule has 5 rings (SSSR count). The number of fused-ring (bicyclic) bond motifs is 1. The second-order valence-corrected chi connectivity index (χ2v) is 8.37. The summed E-state index contributed by atoms with van der Waals surface area (Å²) in [6, 6.07) is 16.6. The minimum Gasteiger partial charge on any atom is -0.493 e. The minimum atomic E-state index is -0.374. The van der Waals surface area contributed by atoms with Crippen LogP contribution in [0.4, 0.5) is 5.13 Å². The van der Waals surface area contributed by atoms with E-state index in [1.807, 2.05) is 55.5 Å². The molecule has 1 aliphatic rings. The van der Waals surface area contributed by atoms with Gasteiger partial charge in [0.2, 0.25) is 11.0 Å². The summed E-state index contributed by atoms with van der Waals surface area (Å²) in [7, 11) is 0. The van der Waals surface area contributed by atoms with Crippen LogP contribution < -0.4 is 15.4 Å². The average Bonchev–Trinajstić information content (AvgIpc) is 3.37. The molecular weight excluding hydrogens is 406 g/mol. The fraction of sp³-hybridized carbons (Fsp3) is 0.0500. The number of rotatable bonds is 3. The summed E-state index contributed by atoms with van der Waals surface area (Å²) >= 11 is 2.57. The van der Waals surface area contributed by atoms with Gasteiger partial charge >= 0.3 is 0 Å². The highest BCUT2D eigenvalue weighted by Gasteiger charge is 2.26. The van der Waals surface area contributed by atoms with Gasteiger partial charge in [0.15, 0.2) is 4.80 Å². The maximum absolute atomic E-state index is 12.6. The lowest BCUT2D eigenvalue weighted by Gasteiger charge is -2.05. The van der Waals surface area contributed by atoms with Crippen LogP contribution in [0.2, 0.25) is 0 Å². The van der Waals surface area contributed by atoms with E-state index in [1.165, 1.54) is 22.7 Å². The number of aryl methyl sites for hydroxylation is 1. The first-order chi connectivity index (χ1) is 14.1. The van der Waals surface area contributed by atoms with Crippen molar-refractivity contribution < 1.29 is 9.90 Å². The molecule has 0 aliphatic carbocycles. The molecule has 0 unspecified atom stereocenters. The van der Waals surface area contributed by atoms with Gasteiger partial charge in [-0.1, -0.05) is 59.1 Å². The first kappa shape index (κ1) is 17.7. The lowest BCUT2D eigenvalue weighted by molar-refractivity contribution is -0.112. The van der Waals surface area contributed by atoms with E-state index in [1.54, 1.807) is 10.6 Å². The van der Waals surface area contributed by atoms with Gasteiger partial charge in [-0.15, -0.1) is 10.2 Å². The zero-order chi connectivity index (χ0) is 20.0. The highest BCUT2D eigenvalue weighted by atomic mass is 32.1. The molecule has 0 bridgehead atoms. The van der Waals surface area contributed by atoms with E-state index in [4.69, 9.17) is 0 Å². The Hall–Kier alpha value is -3.43. The molecule has 2 aromatic carbocycles. The quantitative estimate of drug-likeness (QED) is 0.550. The number of nitrogens with zero attached hydrogens (tertiary/aromatic N) is 5. The average molecular weight is 419 g/mol. The van der Waals surface area contributed by atoms with Gasteiger partial charge in [-0.05, 0) is 25.1 Å². The zero-order valence-electron chi connectivity index (χ0n) is 15.1. The monoisotopic (exact) mass is 419 g/mol. The Morgan fingerprint density at radius 1 is 1.00 bits per heavy atom. The Bertz CT molecular complexity index is 1450. The SMILES string of the molecule is Cc1nnc(/N=c2/sc(C3=c4ccccc4=NC3=O)c(O)n2-c2ccccc2)s1. The number of aromatic hydroxyl groups is 1. The number of aromatic nitrogens is 3. The number of amides is 1. The molecule has 7 nitrogen and oxygen atoms in total. The van der Waals surface area contributed by atoms with Crippen molar-refractivity contribution >= 4 is 39.3 Å². The van der Waals surface area contributed by atoms with Crippen LogP contribution in [0.15, 0.2) is 64.6 Å². The van der Waals surface area contributed by atoms with Crippen LogP contribution in [0.25, 0.3) is 11.3 Å². The summed E-state index contributed by atoms with van der Waals surface area (Å²) in [4.78, 5) is 22.2. The lowest BCUT2D eigenvalue weighted by atomic mass is 10.1. The highest BCUT2D eigenvalue weighted by molar-refractivity contribution is 7.15. The third kappa shape index (κ3) is 3.00. The molecule has 0 spiro atoms. The van der Waals surface area contributed by atoms with Gasteiger partial charge in [-0.3, -0.25) is 9.36 Å². The summed E-state index contributed by atoms with van der Waals surface area (Å²) < 4.78 is 1.61. The molecule has 142 valence electrons. The topological polar surface area (TPSA) is 92.7 Å². The standard InChI is InChI=1S/C20H13N5O2S2/c1-11-23-24-19(28-11)22-20-25(12-7-3-2-4-8-12)18(27)16(29-20)15-13-9-5-6-10-14(13)21-17(15)26/h2-10,27H,1H3/b22-20+. The van der Waals surface area contributed by atoms with Gasteiger partial charge in [0.05, 0.1) is 16.6 Å². The summed E-state index contributed by atoms with van der Waals surface area (Å²) in [5.41, 5.74) is 1.10. The molecule has 0 atom stereocenters. The van der Waals surface area contributed by atoms with Crippen LogP contribution in [0.5, 0.6) is 5.88 Å². The van der Waals surface area contributed by atoms with Crippen LogP contribution in [-0.4, -0.2) is 25.8 Å². The number of benzene rings is 2. The first-order valence-corrected chi connectivity index (χ1v) is 10.3. The van der Waals surface area contributed by atoms with Crippen molar-refractivity contribution in [2.75, 3.05) is 0 Å². The summed E-state index contributed by atoms with van der Waals surface area (Å²) in [6.45, 7) is 1.85. The zero-order valence-corrected chi connectivity index (χ0v) is 16.7. The predicted molar refractivity (Wildman–Crippen MR) is 110 cm³/mol. The number of carbonyl (C=O) groups excluding carboxylic acids is 1. The Balaban J connectivity index is 1.83. The Morgan fingerprint density at radius 3 is 2.52 bits per heavy atom. The van der Waals surface area contributed by atoms with Gasteiger partial charge in [0.1, 0.15) is 9.88 Å². The van der Waals surface area contributed by atoms with Gasteiger partial charge in [0.25, 0.3) is 5.91 Å². The van der Waals surface area contributed by atoms with Gasteiger partial charge < -0.3 is 5.11 Å². The second-order valence-electron chi connectivity index (χ2n) is 6.23. The van der Waals surface area contributed by atoms with Crippen LogP contribution in [0, 0.1) is 6.92 Å². The van der Waals surface area contributed by atoms with Crippen molar-refractivity contribution in [1.82, 2.24) is 14.8 Å². The molecule has 1 amide bonds. The van der Waals surface area contributed by atoms with Crippen molar-refractivity contribution in [2.45, 2.75) is 6.92 Å². The largest absolute Gasteiger partial charge is 0.493 e. The van der Waals surface area contributed by atoms with Crippen molar-refractivity contribution in [2.24, 2.45) is 9.98 Å². The molecule has 1 aliphatic heterocycles. The number of para-hydroxylation sites is 2. The van der Waals surface area contributed by atoms with Crippen molar-refractivity contribution in [3.05, 3.63) is 79.9 Å². The molecule has 1 N–H and O–H groups in total. The fourth-order valence-corrected chi connectivity index (χ4v) is 4.81. The van der Waals surface area contributed by atoms with Crippen LogP contribution in [0.3, 0.4) is 0 Å². The first-order valence-electron chi connectivity index (χ1n) is 8.69. The third-order valence-corrected chi connectivity index (χ3v) is 6.14. The highest BCUT2D eigenvalue weighted by Crippen LogP contribution is 2.31. The van der Waals surface area contributed by atoms with Gasteiger partial charge in [-0.2, -0.15) is 4.99 Å². The molecule has 0 saturated carbocycles. The summed E-state index contributed by atoms with van der Waals surface area (Å²) in [5.74, 6) is -0.433. The fourth-order valence-electron chi connectivity index (χ4n) is 3.12. The Kier molecular flexibility index (Phi) is 4.18. The van der Waals surface area contributed by atoms with Gasteiger partial charge in [0, 0.05) is 5.22 Å². The van der Waals surface area contributed by atoms with Crippen molar-refractivity contribution in [3.8, 4) is 11.6 Å². The molecule has 29 heavy (non-hydrogen) atoms. The maximum atomic E-state index is 12.6. The number of thiazole rings is 1. The van der Waals surface area contributed by atoms with Crippen molar-refractivity contribution in [1.29, 1.82) is 0 Å².